The molecule has 1 N–H and O–H groups in total. The third-order valence-electron chi connectivity index (χ3n) is 4.28. The molecule has 0 aliphatic rings. The van der Waals surface area contributed by atoms with Crippen LogP contribution in [0.2, 0.25) is 0 Å². The van der Waals surface area contributed by atoms with E-state index < -0.39 is 21.6 Å². The molecule has 32 heavy (non-hydrogen) atoms. The molecule has 0 atom stereocenters. The Bertz CT molecular complexity index is 1010. The highest BCUT2D eigenvalue weighted by atomic mass is 32.2. The highest BCUT2D eigenvalue weighted by molar-refractivity contribution is 7.92. The summed E-state index contributed by atoms with van der Waals surface area (Å²) >= 11 is 0. The Hall–Kier alpha value is -2.91. The van der Waals surface area contributed by atoms with Gasteiger partial charge in [-0.1, -0.05) is 18.2 Å². The molecule has 0 saturated carbocycles. The number of ether oxygens (including phenoxy) is 1. The molecule has 174 valence electrons. The second kappa shape index (κ2) is 10.6. The zero-order chi connectivity index (χ0) is 23.9. The molecule has 0 aromatic heterocycles. The number of esters is 1. The molecular weight excluding hydrogens is 430 g/mol. The van der Waals surface area contributed by atoms with E-state index in [1.165, 1.54) is 41.3 Å². The Labute approximate surface area is 190 Å². The van der Waals surface area contributed by atoms with Crippen LogP contribution in [-0.4, -0.2) is 69.4 Å². The van der Waals surface area contributed by atoms with Gasteiger partial charge < -0.3 is 14.5 Å². The Kier molecular flexibility index (Phi) is 8.40. The minimum Gasteiger partial charge on any atom is -0.459 e. The van der Waals surface area contributed by atoms with Crippen LogP contribution in [0.5, 0.6) is 0 Å². The maximum Gasteiger partial charge on any atom is 0.326 e. The third-order valence-corrected chi connectivity index (χ3v) is 5.68. The molecule has 0 unspecified atom stereocenters. The highest BCUT2D eigenvalue weighted by Gasteiger charge is 2.23. The lowest BCUT2D eigenvalue weighted by Gasteiger charge is -2.26. The maximum absolute atomic E-state index is 13.0. The zero-order valence-electron chi connectivity index (χ0n) is 19.2. The fourth-order valence-electron chi connectivity index (χ4n) is 2.78. The number of amides is 1. The van der Waals surface area contributed by atoms with Crippen molar-refractivity contribution in [3.8, 4) is 0 Å². The van der Waals surface area contributed by atoms with Crippen LogP contribution < -0.4 is 4.72 Å². The first kappa shape index (κ1) is 25.4. The van der Waals surface area contributed by atoms with Crippen molar-refractivity contribution in [3.63, 3.8) is 0 Å². The lowest BCUT2D eigenvalue weighted by atomic mass is 10.1. The predicted molar refractivity (Wildman–Crippen MR) is 124 cm³/mol. The second-order valence-electron chi connectivity index (χ2n) is 8.61. The summed E-state index contributed by atoms with van der Waals surface area (Å²) in [6.45, 7) is 6.05. The zero-order valence-corrected chi connectivity index (χ0v) is 20.0. The molecular formula is C23H31N3O5S. The molecule has 0 heterocycles. The number of hydrogen-bond donors (Lipinski definition) is 1. The van der Waals surface area contributed by atoms with Crippen LogP contribution in [0.3, 0.4) is 0 Å². The Morgan fingerprint density at radius 3 is 2.06 bits per heavy atom. The van der Waals surface area contributed by atoms with E-state index >= 15 is 0 Å². The van der Waals surface area contributed by atoms with Gasteiger partial charge in [-0.2, -0.15) is 0 Å². The Morgan fingerprint density at radius 2 is 1.53 bits per heavy atom. The van der Waals surface area contributed by atoms with Gasteiger partial charge in [-0.25, -0.2) is 8.42 Å². The minimum absolute atomic E-state index is 0.146. The normalized spacial score (nSPS) is 11.8. The summed E-state index contributed by atoms with van der Waals surface area (Å²) in [6.07, 6.45) is 0. The van der Waals surface area contributed by atoms with Crippen LogP contribution in [0.4, 0.5) is 5.69 Å². The molecule has 0 aliphatic heterocycles. The van der Waals surface area contributed by atoms with E-state index in [1.807, 2.05) is 19.0 Å². The van der Waals surface area contributed by atoms with E-state index in [2.05, 4.69) is 4.72 Å². The molecule has 0 fully saturated rings. The van der Waals surface area contributed by atoms with E-state index in [1.54, 1.807) is 39.0 Å². The summed E-state index contributed by atoms with van der Waals surface area (Å²) in [5, 5.41) is 0. The fraction of sp³-hybridized carbons (Fsp3) is 0.391. The van der Waals surface area contributed by atoms with E-state index in [-0.39, 0.29) is 17.3 Å². The van der Waals surface area contributed by atoms with E-state index in [4.69, 9.17) is 4.74 Å². The molecule has 0 saturated heterocycles. The summed E-state index contributed by atoms with van der Waals surface area (Å²) in [4.78, 5) is 28.8. The van der Waals surface area contributed by atoms with Crippen molar-refractivity contribution < 1.29 is 22.7 Å². The van der Waals surface area contributed by atoms with Crippen molar-refractivity contribution in [2.45, 2.75) is 31.3 Å². The number of rotatable bonds is 9. The number of carbonyl (C=O) groups excluding carboxylic acids is 2. The van der Waals surface area contributed by atoms with E-state index in [9.17, 15) is 18.0 Å². The molecule has 0 spiro atoms. The summed E-state index contributed by atoms with van der Waals surface area (Å²) in [6, 6.07) is 14.1. The smallest absolute Gasteiger partial charge is 0.326 e. The third kappa shape index (κ3) is 7.97. The minimum atomic E-state index is -3.73. The summed E-state index contributed by atoms with van der Waals surface area (Å²) in [7, 11) is 0.0312. The van der Waals surface area contributed by atoms with Crippen molar-refractivity contribution in [1.29, 1.82) is 0 Å². The molecule has 2 aromatic carbocycles. The number of nitrogens with one attached hydrogen (secondary N) is 1. The van der Waals surface area contributed by atoms with Gasteiger partial charge >= 0.3 is 5.97 Å². The van der Waals surface area contributed by atoms with Gasteiger partial charge in [0.25, 0.3) is 15.9 Å². The Balaban J connectivity index is 2.14. The quantitative estimate of drug-likeness (QED) is 0.577. The molecule has 8 nitrogen and oxygen atoms in total. The molecule has 9 heteroatoms. The number of likely N-dealkylation sites (N-methyl/N-ethyl adjacent to an activating group) is 1. The SMILES string of the molecule is CN(C)CCN(CC(=O)OC(C)(C)C)C(=O)c1ccc(NS(=O)(=O)c2ccccc2)cc1. The van der Waals surface area contributed by atoms with Crippen LogP contribution in [0, 0.1) is 0 Å². The van der Waals surface area contributed by atoms with Gasteiger partial charge in [0.15, 0.2) is 0 Å². The molecule has 1 amide bonds. The van der Waals surface area contributed by atoms with Gasteiger partial charge in [-0.15, -0.1) is 0 Å². The van der Waals surface area contributed by atoms with Gasteiger partial charge in [0.05, 0.1) is 4.90 Å². The highest BCUT2D eigenvalue weighted by Crippen LogP contribution is 2.17. The fourth-order valence-corrected chi connectivity index (χ4v) is 3.86. The largest absolute Gasteiger partial charge is 0.459 e. The first-order valence-corrected chi connectivity index (χ1v) is 11.7. The summed E-state index contributed by atoms with van der Waals surface area (Å²) < 4.78 is 32.8. The standard InChI is InChI=1S/C23H31N3O5S/c1-23(2,3)31-21(27)17-26(16-15-25(4)5)22(28)18-11-13-19(14-12-18)24-32(29,30)20-9-7-6-8-10-20/h6-14,24H,15-17H2,1-5H3. The molecule has 0 bridgehead atoms. The van der Waals surface area contributed by atoms with Crippen LogP contribution in [0.25, 0.3) is 0 Å². The van der Waals surface area contributed by atoms with Crippen molar-refractivity contribution in [2.75, 3.05) is 38.5 Å². The van der Waals surface area contributed by atoms with Crippen molar-refractivity contribution in [1.82, 2.24) is 9.80 Å². The first-order valence-electron chi connectivity index (χ1n) is 10.2. The van der Waals surface area contributed by atoms with Gasteiger partial charge in [0.1, 0.15) is 12.1 Å². The number of benzene rings is 2. The molecule has 2 aromatic rings. The van der Waals surface area contributed by atoms with Crippen LogP contribution in [0.1, 0.15) is 31.1 Å². The predicted octanol–water partition coefficient (Wildman–Crippen LogP) is 2.83. The summed E-state index contributed by atoms with van der Waals surface area (Å²) in [5.41, 5.74) is 0.0256. The van der Waals surface area contributed by atoms with Crippen LogP contribution in [-0.2, 0) is 19.6 Å². The Morgan fingerprint density at radius 1 is 0.938 bits per heavy atom. The summed E-state index contributed by atoms with van der Waals surface area (Å²) in [5.74, 6) is -0.827. The molecule has 0 radical (unpaired) electrons. The van der Waals surface area contributed by atoms with E-state index in [0.717, 1.165) is 0 Å². The molecule has 2 rings (SSSR count). The number of sulfonamides is 1. The first-order chi connectivity index (χ1) is 14.9. The van der Waals surface area contributed by atoms with Crippen LogP contribution >= 0.6 is 0 Å². The lowest BCUT2D eigenvalue weighted by molar-refractivity contribution is -0.155. The molecule has 0 aliphatic carbocycles. The van der Waals surface area contributed by atoms with Gasteiger partial charge in [-0.05, 0) is 71.3 Å². The average Bonchev–Trinajstić information content (AvgIpc) is 2.70. The van der Waals surface area contributed by atoms with Gasteiger partial charge in [0.2, 0.25) is 0 Å². The monoisotopic (exact) mass is 461 g/mol. The number of hydrogen-bond acceptors (Lipinski definition) is 6. The lowest BCUT2D eigenvalue weighted by Crippen LogP contribution is -2.42. The van der Waals surface area contributed by atoms with E-state index in [0.29, 0.717) is 24.3 Å². The van der Waals surface area contributed by atoms with Crippen molar-refractivity contribution >= 4 is 27.6 Å². The maximum atomic E-state index is 13.0. The van der Waals surface area contributed by atoms with Crippen LogP contribution in [0.15, 0.2) is 59.5 Å². The second-order valence-corrected chi connectivity index (χ2v) is 10.3. The average molecular weight is 462 g/mol. The van der Waals surface area contributed by atoms with Crippen molar-refractivity contribution in [3.05, 3.63) is 60.2 Å². The topological polar surface area (TPSA) is 96.0 Å². The number of carbonyl (C=O) groups is 2. The van der Waals surface area contributed by atoms with Gasteiger partial charge in [0, 0.05) is 24.3 Å². The number of nitrogens with zero attached hydrogens (tertiary/aromatic N) is 2. The number of anilines is 1. The van der Waals surface area contributed by atoms with Gasteiger partial charge in [-0.3, -0.25) is 14.3 Å². The van der Waals surface area contributed by atoms with Crippen molar-refractivity contribution in [2.24, 2.45) is 0 Å².